The highest BCUT2D eigenvalue weighted by atomic mass is 16.7. The van der Waals surface area contributed by atoms with Crippen molar-refractivity contribution in [2.24, 2.45) is 0 Å². The lowest BCUT2D eigenvalue weighted by Crippen LogP contribution is -2.25. The Labute approximate surface area is 207 Å². The number of hydrogen-bond donors (Lipinski definition) is 1. The van der Waals surface area contributed by atoms with Crippen LogP contribution in [0.15, 0.2) is 47.3 Å². The van der Waals surface area contributed by atoms with Gasteiger partial charge in [0.25, 0.3) is 5.56 Å². The van der Waals surface area contributed by atoms with Crippen LogP contribution >= 0.6 is 0 Å². The van der Waals surface area contributed by atoms with E-state index >= 15 is 0 Å². The topological polar surface area (TPSA) is 109 Å². The van der Waals surface area contributed by atoms with Crippen molar-refractivity contribution in [2.75, 3.05) is 13.4 Å². The number of fused-ring (bicyclic) bond motifs is 4. The number of benzene rings is 2. The summed E-state index contributed by atoms with van der Waals surface area (Å²) in [5, 5.41) is 12.2. The zero-order valence-electron chi connectivity index (χ0n) is 20.4. The smallest absolute Gasteiger partial charge is 0.262 e. The summed E-state index contributed by atoms with van der Waals surface area (Å²) in [5.74, 6) is 2.39. The minimum atomic E-state index is -0.108. The molecule has 10 nitrogen and oxygen atoms in total. The van der Waals surface area contributed by atoms with Crippen LogP contribution in [0.5, 0.6) is 11.5 Å². The average Bonchev–Trinajstić information content (AvgIpc) is 3.52. The number of hydrogen-bond acceptors (Lipinski definition) is 7. The number of aromatic nitrogens is 4. The Balaban J connectivity index is 1.31. The maximum Gasteiger partial charge on any atom is 0.262 e. The Bertz CT molecular complexity index is 1460. The number of ether oxygens (including phenoxy) is 3. The lowest BCUT2D eigenvalue weighted by Gasteiger charge is -2.12. The molecule has 1 amide bonds. The maximum absolute atomic E-state index is 13.2. The third-order valence-corrected chi connectivity index (χ3v) is 6.05. The van der Waals surface area contributed by atoms with Gasteiger partial charge in [0.05, 0.1) is 17.0 Å². The molecule has 0 fully saturated rings. The number of amides is 1. The van der Waals surface area contributed by atoms with Crippen LogP contribution in [0.25, 0.3) is 16.7 Å². The first-order valence-corrected chi connectivity index (χ1v) is 12.1. The quantitative estimate of drug-likeness (QED) is 0.340. The maximum atomic E-state index is 13.2. The molecule has 36 heavy (non-hydrogen) atoms. The highest BCUT2D eigenvalue weighted by Crippen LogP contribution is 2.32. The molecule has 2 aromatic heterocycles. The van der Waals surface area contributed by atoms with Gasteiger partial charge in [0, 0.05) is 32.5 Å². The second-order valence-electron chi connectivity index (χ2n) is 8.96. The van der Waals surface area contributed by atoms with Gasteiger partial charge < -0.3 is 19.5 Å². The van der Waals surface area contributed by atoms with E-state index in [0.29, 0.717) is 61.0 Å². The van der Waals surface area contributed by atoms with E-state index in [1.165, 1.54) is 0 Å². The van der Waals surface area contributed by atoms with Gasteiger partial charge in [-0.25, -0.2) is 0 Å². The molecule has 1 N–H and O–H groups in total. The SMILES string of the molecule is CC(C)OCCCn1c(=O)c2ccccc2n2c(CCC(=O)NCc3ccc4c(c3)OCO4)nnc12. The van der Waals surface area contributed by atoms with E-state index in [2.05, 4.69) is 15.5 Å². The highest BCUT2D eigenvalue weighted by Gasteiger charge is 2.18. The summed E-state index contributed by atoms with van der Waals surface area (Å²) in [5.41, 5.74) is 1.55. The molecule has 5 rings (SSSR count). The molecule has 3 heterocycles. The average molecular weight is 492 g/mol. The molecule has 10 heteroatoms. The molecule has 1 aliphatic heterocycles. The first kappa shape index (κ1) is 23.8. The zero-order valence-corrected chi connectivity index (χ0v) is 20.4. The fourth-order valence-corrected chi connectivity index (χ4v) is 4.28. The molecule has 2 aromatic carbocycles. The predicted octanol–water partition coefficient (Wildman–Crippen LogP) is 2.84. The molecule has 0 spiro atoms. The minimum absolute atomic E-state index is 0.104. The van der Waals surface area contributed by atoms with Gasteiger partial charge in [0.1, 0.15) is 5.82 Å². The van der Waals surface area contributed by atoms with E-state index < -0.39 is 0 Å². The third kappa shape index (κ3) is 4.90. The number of para-hydroxylation sites is 1. The van der Waals surface area contributed by atoms with Crippen LogP contribution in [0.1, 0.15) is 38.1 Å². The number of nitrogens with one attached hydrogen (secondary N) is 1. The van der Waals surface area contributed by atoms with Crippen molar-refractivity contribution >= 4 is 22.6 Å². The van der Waals surface area contributed by atoms with E-state index in [4.69, 9.17) is 14.2 Å². The van der Waals surface area contributed by atoms with Gasteiger partial charge in [0.15, 0.2) is 11.5 Å². The third-order valence-electron chi connectivity index (χ3n) is 6.05. The van der Waals surface area contributed by atoms with E-state index in [1.54, 1.807) is 10.6 Å². The Morgan fingerprint density at radius 3 is 2.83 bits per heavy atom. The molecule has 0 bridgehead atoms. The number of nitrogens with zero attached hydrogens (tertiary/aromatic N) is 4. The van der Waals surface area contributed by atoms with Crippen molar-refractivity contribution in [3.8, 4) is 11.5 Å². The van der Waals surface area contributed by atoms with Crippen molar-refractivity contribution in [2.45, 2.75) is 52.3 Å². The molecule has 1 aliphatic rings. The molecular formula is C26H29N5O5. The largest absolute Gasteiger partial charge is 0.454 e. The first-order chi connectivity index (χ1) is 17.5. The number of carbonyl (C=O) groups excluding carboxylic acids is 1. The van der Waals surface area contributed by atoms with Gasteiger partial charge in [0.2, 0.25) is 18.5 Å². The van der Waals surface area contributed by atoms with E-state index in [1.807, 2.05) is 54.6 Å². The molecule has 0 saturated carbocycles. The summed E-state index contributed by atoms with van der Waals surface area (Å²) in [4.78, 5) is 25.8. The van der Waals surface area contributed by atoms with Gasteiger partial charge in [-0.15, -0.1) is 10.2 Å². The Morgan fingerprint density at radius 2 is 1.97 bits per heavy atom. The lowest BCUT2D eigenvalue weighted by molar-refractivity contribution is -0.121. The van der Waals surface area contributed by atoms with Crippen LogP contribution in [0.3, 0.4) is 0 Å². The van der Waals surface area contributed by atoms with Crippen LogP contribution in [-0.2, 0) is 29.0 Å². The Kier molecular flexibility index (Phi) is 6.86. The Hall–Kier alpha value is -3.92. The number of rotatable bonds is 10. The Morgan fingerprint density at radius 1 is 1.14 bits per heavy atom. The van der Waals surface area contributed by atoms with Gasteiger partial charge in [-0.3, -0.25) is 18.6 Å². The summed E-state index contributed by atoms with van der Waals surface area (Å²) in [6, 6.07) is 13.0. The molecule has 0 unspecified atom stereocenters. The van der Waals surface area contributed by atoms with Crippen LogP contribution in [0.4, 0.5) is 0 Å². The molecule has 0 saturated heterocycles. The molecule has 0 atom stereocenters. The molecule has 188 valence electrons. The van der Waals surface area contributed by atoms with Gasteiger partial charge >= 0.3 is 0 Å². The highest BCUT2D eigenvalue weighted by molar-refractivity contribution is 5.80. The van der Waals surface area contributed by atoms with Crippen molar-refractivity contribution in [1.29, 1.82) is 0 Å². The molecular weight excluding hydrogens is 462 g/mol. The van der Waals surface area contributed by atoms with Crippen molar-refractivity contribution in [3.05, 3.63) is 64.2 Å². The van der Waals surface area contributed by atoms with Crippen molar-refractivity contribution in [3.63, 3.8) is 0 Å². The lowest BCUT2D eigenvalue weighted by atomic mass is 10.2. The standard InChI is InChI=1S/C26H29N5O5/c1-17(2)34-13-5-12-30-25(33)19-6-3-4-7-20(19)31-23(28-29-26(30)31)10-11-24(32)27-15-18-8-9-21-22(14-18)36-16-35-21/h3-4,6-9,14,17H,5,10-13,15-16H2,1-2H3,(H,27,32). The number of carbonyl (C=O) groups is 1. The molecule has 0 radical (unpaired) electrons. The van der Waals surface area contributed by atoms with Gasteiger partial charge in [-0.05, 0) is 50.1 Å². The van der Waals surface area contributed by atoms with Gasteiger partial charge in [-0.2, -0.15) is 0 Å². The summed E-state index contributed by atoms with van der Waals surface area (Å²) >= 11 is 0. The van der Waals surface area contributed by atoms with Crippen LogP contribution < -0.4 is 20.3 Å². The molecule has 0 aliphatic carbocycles. The summed E-state index contributed by atoms with van der Waals surface area (Å²) in [6.07, 6.45) is 1.43. The summed E-state index contributed by atoms with van der Waals surface area (Å²) in [7, 11) is 0. The van der Waals surface area contributed by atoms with Crippen molar-refractivity contribution < 1.29 is 19.0 Å². The van der Waals surface area contributed by atoms with Crippen LogP contribution in [0.2, 0.25) is 0 Å². The predicted molar refractivity (Wildman–Crippen MR) is 133 cm³/mol. The fraction of sp³-hybridized carbons (Fsp3) is 0.385. The van der Waals surface area contributed by atoms with E-state index in [9.17, 15) is 9.59 Å². The fourth-order valence-electron chi connectivity index (χ4n) is 4.28. The normalized spacial score (nSPS) is 12.6. The second kappa shape index (κ2) is 10.4. The first-order valence-electron chi connectivity index (χ1n) is 12.1. The van der Waals surface area contributed by atoms with Crippen LogP contribution in [0, 0.1) is 0 Å². The van der Waals surface area contributed by atoms with Gasteiger partial charge in [-0.1, -0.05) is 18.2 Å². The number of aryl methyl sites for hydroxylation is 2. The van der Waals surface area contributed by atoms with Crippen LogP contribution in [-0.4, -0.2) is 44.6 Å². The van der Waals surface area contributed by atoms with E-state index in [0.717, 1.165) is 11.1 Å². The summed E-state index contributed by atoms with van der Waals surface area (Å²) in [6.45, 7) is 5.58. The second-order valence-corrected chi connectivity index (χ2v) is 8.96. The minimum Gasteiger partial charge on any atom is -0.454 e. The van der Waals surface area contributed by atoms with Crippen molar-refractivity contribution in [1.82, 2.24) is 24.5 Å². The molecule has 4 aromatic rings. The monoisotopic (exact) mass is 491 g/mol. The summed E-state index contributed by atoms with van der Waals surface area (Å²) < 4.78 is 19.9. The van der Waals surface area contributed by atoms with E-state index in [-0.39, 0.29) is 30.8 Å². The zero-order chi connectivity index (χ0) is 25.1.